The van der Waals surface area contributed by atoms with Crippen LogP contribution < -0.4 is 5.73 Å². The molecule has 5 nitrogen and oxygen atoms in total. The van der Waals surface area contributed by atoms with Crippen LogP contribution in [-0.2, 0) is 6.54 Å². The number of hydrogen-bond donors (Lipinski definition) is 1. The maximum absolute atomic E-state index is 5.97. The van der Waals surface area contributed by atoms with Crippen LogP contribution in [0.5, 0.6) is 0 Å². The zero-order valence-corrected chi connectivity index (χ0v) is 10.3. The van der Waals surface area contributed by atoms with Gasteiger partial charge in [-0.05, 0) is 13.3 Å². The summed E-state index contributed by atoms with van der Waals surface area (Å²) in [4.78, 5) is 0. The molecule has 2 heterocycles. The molecule has 17 heavy (non-hydrogen) atoms. The predicted molar refractivity (Wildman–Crippen MR) is 65.2 cm³/mol. The third-order valence-electron chi connectivity index (χ3n) is 2.75. The summed E-state index contributed by atoms with van der Waals surface area (Å²) in [6, 6.07) is 1.83. The fourth-order valence-electron chi connectivity index (χ4n) is 1.72. The van der Waals surface area contributed by atoms with Crippen molar-refractivity contribution in [1.29, 1.82) is 0 Å². The van der Waals surface area contributed by atoms with Crippen molar-refractivity contribution in [2.45, 2.75) is 39.3 Å². The standard InChI is InChI=1S/C12H18N4O/c1-3-5-10(13)12-6-11(15-17-12)9-7-14-16(4-2)8-9/h6-8,10H,3-5,13H2,1-2H3. The van der Waals surface area contributed by atoms with Crippen molar-refractivity contribution in [3.05, 3.63) is 24.2 Å². The van der Waals surface area contributed by atoms with Gasteiger partial charge in [0.25, 0.3) is 0 Å². The lowest BCUT2D eigenvalue weighted by Crippen LogP contribution is -2.08. The molecular formula is C12H18N4O. The van der Waals surface area contributed by atoms with Crippen LogP contribution in [0.4, 0.5) is 0 Å². The van der Waals surface area contributed by atoms with Gasteiger partial charge in [-0.15, -0.1) is 0 Å². The molecule has 1 atom stereocenters. The van der Waals surface area contributed by atoms with Gasteiger partial charge in [-0.1, -0.05) is 18.5 Å². The minimum absolute atomic E-state index is 0.0672. The summed E-state index contributed by atoms with van der Waals surface area (Å²) in [7, 11) is 0. The first-order valence-electron chi connectivity index (χ1n) is 5.99. The minimum atomic E-state index is -0.0672. The Morgan fingerprint density at radius 2 is 2.29 bits per heavy atom. The first-order chi connectivity index (χ1) is 8.24. The van der Waals surface area contributed by atoms with E-state index in [1.165, 1.54) is 0 Å². The van der Waals surface area contributed by atoms with E-state index in [0.29, 0.717) is 0 Å². The molecule has 0 bridgehead atoms. The third-order valence-corrected chi connectivity index (χ3v) is 2.75. The molecule has 2 aromatic heterocycles. The lowest BCUT2D eigenvalue weighted by atomic mass is 10.1. The lowest BCUT2D eigenvalue weighted by Gasteiger charge is -2.03. The highest BCUT2D eigenvalue weighted by molar-refractivity contribution is 5.56. The fraction of sp³-hybridized carbons (Fsp3) is 0.500. The van der Waals surface area contributed by atoms with Crippen molar-refractivity contribution < 1.29 is 4.52 Å². The molecule has 0 aliphatic carbocycles. The number of aromatic nitrogens is 3. The van der Waals surface area contributed by atoms with E-state index in [4.69, 9.17) is 10.3 Å². The molecule has 0 saturated heterocycles. The molecule has 0 aromatic carbocycles. The van der Waals surface area contributed by atoms with Crippen LogP contribution in [0.25, 0.3) is 11.3 Å². The highest BCUT2D eigenvalue weighted by Gasteiger charge is 2.13. The maximum atomic E-state index is 5.97. The summed E-state index contributed by atoms with van der Waals surface area (Å²) in [5.41, 5.74) is 7.73. The Kier molecular flexibility index (Phi) is 3.58. The first-order valence-corrected chi connectivity index (χ1v) is 5.99. The van der Waals surface area contributed by atoms with Crippen LogP contribution in [0.2, 0.25) is 0 Å². The Balaban J connectivity index is 2.17. The minimum Gasteiger partial charge on any atom is -0.359 e. The molecule has 0 fully saturated rings. The van der Waals surface area contributed by atoms with Crippen molar-refractivity contribution in [3.63, 3.8) is 0 Å². The number of aryl methyl sites for hydroxylation is 1. The second kappa shape index (κ2) is 5.14. The average Bonchev–Trinajstić information content (AvgIpc) is 2.98. The van der Waals surface area contributed by atoms with Crippen molar-refractivity contribution >= 4 is 0 Å². The van der Waals surface area contributed by atoms with Gasteiger partial charge < -0.3 is 10.3 Å². The summed E-state index contributed by atoms with van der Waals surface area (Å²) in [5.74, 6) is 0.742. The van der Waals surface area contributed by atoms with Gasteiger partial charge in [0.2, 0.25) is 0 Å². The van der Waals surface area contributed by atoms with E-state index in [1.807, 2.05) is 23.9 Å². The topological polar surface area (TPSA) is 69.9 Å². The molecule has 5 heteroatoms. The van der Waals surface area contributed by atoms with E-state index >= 15 is 0 Å². The van der Waals surface area contributed by atoms with Crippen LogP contribution in [0, 0.1) is 0 Å². The Hall–Kier alpha value is -1.62. The SMILES string of the molecule is CCCC(N)c1cc(-c2cnn(CC)c2)no1. The predicted octanol–water partition coefficient (Wildman–Crippen LogP) is 2.36. The lowest BCUT2D eigenvalue weighted by molar-refractivity contribution is 0.356. The number of nitrogens with zero attached hydrogens (tertiary/aromatic N) is 3. The van der Waals surface area contributed by atoms with Crippen LogP contribution >= 0.6 is 0 Å². The first kappa shape index (κ1) is 11.9. The zero-order chi connectivity index (χ0) is 12.3. The fourth-order valence-corrected chi connectivity index (χ4v) is 1.72. The van der Waals surface area contributed by atoms with Crippen LogP contribution in [-0.4, -0.2) is 14.9 Å². The Morgan fingerprint density at radius 3 is 2.94 bits per heavy atom. The molecule has 0 spiro atoms. The van der Waals surface area contributed by atoms with Gasteiger partial charge in [-0.3, -0.25) is 4.68 Å². The number of hydrogen-bond acceptors (Lipinski definition) is 4. The molecule has 92 valence electrons. The largest absolute Gasteiger partial charge is 0.359 e. The highest BCUT2D eigenvalue weighted by atomic mass is 16.5. The molecule has 0 radical (unpaired) electrons. The van der Waals surface area contributed by atoms with E-state index in [1.54, 1.807) is 6.20 Å². The molecule has 0 amide bonds. The van der Waals surface area contributed by atoms with E-state index in [9.17, 15) is 0 Å². The Morgan fingerprint density at radius 1 is 1.47 bits per heavy atom. The van der Waals surface area contributed by atoms with E-state index < -0.39 is 0 Å². The molecule has 0 aliphatic rings. The van der Waals surface area contributed by atoms with Gasteiger partial charge in [0, 0.05) is 24.4 Å². The van der Waals surface area contributed by atoms with E-state index in [-0.39, 0.29) is 6.04 Å². The second-order valence-corrected chi connectivity index (χ2v) is 4.09. The van der Waals surface area contributed by atoms with Crippen molar-refractivity contribution in [2.24, 2.45) is 5.73 Å². The zero-order valence-electron chi connectivity index (χ0n) is 10.3. The van der Waals surface area contributed by atoms with Gasteiger partial charge >= 0.3 is 0 Å². The summed E-state index contributed by atoms with van der Waals surface area (Å²) in [6.45, 7) is 4.99. The van der Waals surface area contributed by atoms with Gasteiger partial charge in [0.1, 0.15) is 5.69 Å². The monoisotopic (exact) mass is 234 g/mol. The molecule has 2 N–H and O–H groups in total. The molecular weight excluding hydrogens is 216 g/mol. The molecule has 1 unspecified atom stereocenters. The Labute approximate surface area is 101 Å². The Bertz CT molecular complexity index is 474. The van der Waals surface area contributed by atoms with Crippen LogP contribution in [0.15, 0.2) is 23.0 Å². The van der Waals surface area contributed by atoms with Gasteiger partial charge in [-0.2, -0.15) is 5.10 Å². The summed E-state index contributed by atoms with van der Waals surface area (Å²) >= 11 is 0. The van der Waals surface area contributed by atoms with E-state index in [2.05, 4.69) is 17.2 Å². The highest BCUT2D eigenvalue weighted by Crippen LogP contribution is 2.23. The van der Waals surface area contributed by atoms with Gasteiger partial charge in [0.15, 0.2) is 5.76 Å². The summed E-state index contributed by atoms with van der Waals surface area (Å²) in [6.07, 6.45) is 5.68. The third kappa shape index (κ3) is 2.55. The van der Waals surface area contributed by atoms with Gasteiger partial charge in [0.05, 0.1) is 12.2 Å². The van der Waals surface area contributed by atoms with Crippen LogP contribution in [0.3, 0.4) is 0 Å². The average molecular weight is 234 g/mol. The van der Waals surface area contributed by atoms with Crippen molar-refractivity contribution in [2.75, 3.05) is 0 Å². The van der Waals surface area contributed by atoms with Gasteiger partial charge in [-0.25, -0.2) is 0 Å². The molecule has 2 aromatic rings. The second-order valence-electron chi connectivity index (χ2n) is 4.09. The summed E-state index contributed by atoms with van der Waals surface area (Å²) in [5, 5.41) is 8.23. The summed E-state index contributed by atoms with van der Waals surface area (Å²) < 4.78 is 7.12. The normalized spacial score (nSPS) is 12.9. The molecule has 0 aliphatic heterocycles. The molecule has 2 rings (SSSR count). The van der Waals surface area contributed by atoms with Crippen molar-refractivity contribution in [3.8, 4) is 11.3 Å². The van der Waals surface area contributed by atoms with Crippen molar-refractivity contribution in [1.82, 2.24) is 14.9 Å². The maximum Gasteiger partial charge on any atom is 0.154 e. The number of rotatable bonds is 5. The van der Waals surface area contributed by atoms with E-state index in [0.717, 1.165) is 36.4 Å². The van der Waals surface area contributed by atoms with Crippen LogP contribution in [0.1, 0.15) is 38.5 Å². The molecule has 0 saturated carbocycles. The number of nitrogens with two attached hydrogens (primary N) is 1. The quantitative estimate of drug-likeness (QED) is 0.862. The smallest absolute Gasteiger partial charge is 0.154 e.